The van der Waals surface area contributed by atoms with E-state index < -0.39 is 10.8 Å². The van der Waals surface area contributed by atoms with Crippen LogP contribution in [-0.2, 0) is 17.3 Å². The smallest absolute Gasteiger partial charge is 0.230 e. The zero-order valence-corrected chi connectivity index (χ0v) is 8.56. The lowest BCUT2D eigenvalue weighted by atomic mass is 10.6. The third-order valence-corrected chi connectivity index (χ3v) is 2.19. The normalized spacial score (nSPS) is 13.1. The molecule has 0 aliphatic rings. The molecule has 0 spiro atoms. The van der Waals surface area contributed by atoms with Crippen LogP contribution in [0, 0.1) is 6.92 Å². The molecule has 0 aromatic carbocycles. The van der Waals surface area contributed by atoms with Gasteiger partial charge in [0.05, 0.1) is 6.54 Å². The summed E-state index contributed by atoms with van der Waals surface area (Å²) in [6.45, 7) is 2.99. The van der Waals surface area contributed by atoms with Crippen LogP contribution in [0.4, 0.5) is 0 Å². The second-order valence-corrected chi connectivity index (χ2v) is 4.22. The van der Waals surface area contributed by atoms with Gasteiger partial charge in [0.2, 0.25) is 11.8 Å². The maximum atomic E-state index is 10.7. The van der Waals surface area contributed by atoms with Crippen molar-refractivity contribution in [3.8, 4) is 0 Å². The van der Waals surface area contributed by atoms with E-state index in [2.05, 4.69) is 15.5 Å². The number of rotatable bonds is 5. The Kier molecular flexibility index (Phi) is 4.04. The van der Waals surface area contributed by atoms with Crippen LogP contribution < -0.4 is 5.32 Å². The number of aryl methyl sites for hydroxylation is 1. The summed E-state index contributed by atoms with van der Waals surface area (Å²) < 4.78 is 15.8. The molecule has 1 aromatic heterocycles. The molecule has 0 amide bonds. The van der Waals surface area contributed by atoms with Crippen LogP contribution in [-0.4, -0.2) is 33.0 Å². The van der Waals surface area contributed by atoms with E-state index in [9.17, 15) is 4.21 Å². The predicted octanol–water partition coefficient (Wildman–Crippen LogP) is -0.154. The van der Waals surface area contributed by atoms with Crippen molar-refractivity contribution in [1.82, 2.24) is 15.5 Å². The summed E-state index contributed by atoms with van der Waals surface area (Å²) in [6, 6.07) is 0. The van der Waals surface area contributed by atoms with Crippen molar-refractivity contribution in [2.75, 3.05) is 18.6 Å². The Balaban J connectivity index is 2.16. The largest absolute Gasteiger partial charge is 0.424 e. The Morgan fingerprint density at radius 1 is 1.54 bits per heavy atom. The molecule has 1 unspecified atom stereocenters. The molecular formula is C7H13N3O2S. The maximum absolute atomic E-state index is 10.7. The van der Waals surface area contributed by atoms with Gasteiger partial charge in [0.1, 0.15) is 0 Å². The molecule has 0 aliphatic heterocycles. The number of aromatic nitrogens is 2. The van der Waals surface area contributed by atoms with Gasteiger partial charge < -0.3 is 9.73 Å². The minimum Gasteiger partial charge on any atom is -0.424 e. The molecule has 1 atom stereocenters. The molecule has 74 valence electrons. The Hall–Kier alpha value is -0.750. The SMILES string of the molecule is Cc1nnc(CNCCS(C)=O)o1. The van der Waals surface area contributed by atoms with Gasteiger partial charge in [-0.2, -0.15) is 0 Å². The average Bonchev–Trinajstić information content (AvgIpc) is 2.45. The van der Waals surface area contributed by atoms with E-state index in [1.807, 2.05) is 0 Å². The fourth-order valence-corrected chi connectivity index (χ4v) is 1.25. The van der Waals surface area contributed by atoms with Crippen molar-refractivity contribution in [2.45, 2.75) is 13.5 Å². The Morgan fingerprint density at radius 2 is 2.31 bits per heavy atom. The monoisotopic (exact) mass is 203 g/mol. The number of nitrogens with one attached hydrogen (secondary N) is 1. The standard InChI is InChI=1S/C7H13N3O2S/c1-6-9-10-7(12-6)5-8-3-4-13(2)11/h8H,3-5H2,1-2H3. The molecule has 0 fully saturated rings. The van der Waals surface area contributed by atoms with Gasteiger partial charge in [-0.25, -0.2) is 0 Å². The highest BCUT2D eigenvalue weighted by molar-refractivity contribution is 7.84. The van der Waals surface area contributed by atoms with E-state index in [0.717, 1.165) is 0 Å². The summed E-state index contributed by atoms with van der Waals surface area (Å²) >= 11 is 0. The molecule has 0 saturated carbocycles. The number of nitrogens with zero attached hydrogens (tertiary/aromatic N) is 2. The summed E-state index contributed by atoms with van der Waals surface area (Å²) in [6.07, 6.45) is 1.68. The van der Waals surface area contributed by atoms with Gasteiger partial charge in [0, 0.05) is 36.3 Å². The highest BCUT2D eigenvalue weighted by Crippen LogP contribution is 1.95. The first-order valence-corrected chi connectivity index (χ1v) is 5.71. The van der Waals surface area contributed by atoms with Gasteiger partial charge in [-0.15, -0.1) is 10.2 Å². The first kappa shape index (κ1) is 10.3. The lowest BCUT2D eigenvalue weighted by molar-refractivity contribution is 0.450. The van der Waals surface area contributed by atoms with Gasteiger partial charge >= 0.3 is 0 Å². The zero-order chi connectivity index (χ0) is 9.68. The molecule has 1 heterocycles. The van der Waals surface area contributed by atoms with Crippen LogP contribution in [0.1, 0.15) is 11.8 Å². The number of hydrogen-bond donors (Lipinski definition) is 1. The third-order valence-electron chi connectivity index (χ3n) is 1.41. The van der Waals surface area contributed by atoms with Gasteiger partial charge in [-0.05, 0) is 0 Å². The minimum absolute atomic E-state index is 0.540. The molecule has 1 N–H and O–H groups in total. The highest BCUT2D eigenvalue weighted by Gasteiger charge is 2.00. The first-order chi connectivity index (χ1) is 6.18. The van der Waals surface area contributed by atoms with Crippen LogP contribution in [0.5, 0.6) is 0 Å². The van der Waals surface area contributed by atoms with Crippen LogP contribution in [0.15, 0.2) is 4.42 Å². The van der Waals surface area contributed by atoms with E-state index in [0.29, 0.717) is 30.6 Å². The lowest BCUT2D eigenvalue weighted by Gasteiger charge is -1.98. The summed E-state index contributed by atoms with van der Waals surface area (Å²) in [5.74, 6) is 1.78. The molecule has 0 aliphatic carbocycles. The van der Waals surface area contributed by atoms with Gasteiger partial charge in [-0.3, -0.25) is 4.21 Å². The third kappa shape index (κ3) is 4.14. The van der Waals surface area contributed by atoms with E-state index in [4.69, 9.17) is 4.42 Å². The molecule has 13 heavy (non-hydrogen) atoms. The first-order valence-electron chi connectivity index (χ1n) is 3.98. The van der Waals surface area contributed by atoms with Crippen LogP contribution in [0.3, 0.4) is 0 Å². The second kappa shape index (κ2) is 5.08. The molecule has 0 saturated heterocycles. The quantitative estimate of drug-likeness (QED) is 0.674. The predicted molar refractivity (Wildman–Crippen MR) is 49.7 cm³/mol. The van der Waals surface area contributed by atoms with E-state index in [-0.39, 0.29) is 0 Å². The average molecular weight is 203 g/mol. The van der Waals surface area contributed by atoms with Crippen LogP contribution in [0.25, 0.3) is 0 Å². The fourth-order valence-electron chi connectivity index (χ4n) is 0.820. The van der Waals surface area contributed by atoms with Gasteiger partial charge in [0.25, 0.3) is 0 Å². The topological polar surface area (TPSA) is 68.0 Å². The summed E-state index contributed by atoms with van der Waals surface area (Å²) in [5.41, 5.74) is 0. The zero-order valence-electron chi connectivity index (χ0n) is 7.74. The van der Waals surface area contributed by atoms with Crippen LogP contribution in [0.2, 0.25) is 0 Å². The second-order valence-electron chi connectivity index (χ2n) is 2.67. The Morgan fingerprint density at radius 3 is 2.85 bits per heavy atom. The van der Waals surface area contributed by atoms with Gasteiger partial charge in [0.15, 0.2) is 0 Å². The molecule has 1 rings (SSSR count). The van der Waals surface area contributed by atoms with Crippen molar-refractivity contribution in [3.05, 3.63) is 11.8 Å². The molecule has 1 aromatic rings. The molecule has 6 heteroatoms. The Bertz CT molecular complexity index is 287. The van der Waals surface area contributed by atoms with Crippen molar-refractivity contribution >= 4 is 10.8 Å². The maximum Gasteiger partial charge on any atom is 0.230 e. The molecule has 5 nitrogen and oxygen atoms in total. The highest BCUT2D eigenvalue weighted by atomic mass is 32.2. The molecule has 0 radical (unpaired) electrons. The van der Waals surface area contributed by atoms with Crippen LogP contribution >= 0.6 is 0 Å². The van der Waals surface area contributed by atoms with Crippen molar-refractivity contribution in [2.24, 2.45) is 0 Å². The van der Waals surface area contributed by atoms with Crippen molar-refractivity contribution < 1.29 is 8.63 Å². The van der Waals surface area contributed by atoms with Crippen molar-refractivity contribution in [3.63, 3.8) is 0 Å². The summed E-state index contributed by atoms with van der Waals surface area (Å²) in [5, 5.41) is 10.5. The Labute approximate surface area is 79.4 Å². The molecular weight excluding hydrogens is 190 g/mol. The number of hydrogen-bond acceptors (Lipinski definition) is 5. The van der Waals surface area contributed by atoms with E-state index >= 15 is 0 Å². The summed E-state index contributed by atoms with van der Waals surface area (Å²) in [7, 11) is -0.747. The van der Waals surface area contributed by atoms with E-state index in [1.165, 1.54) is 0 Å². The molecule has 0 bridgehead atoms. The van der Waals surface area contributed by atoms with E-state index in [1.54, 1.807) is 13.2 Å². The van der Waals surface area contributed by atoms with Gasteiger partial charge in [-0.1, -0.05) is 0 Å². The lowest BCUT2D eigenvalue weighted by Crippen LogP contribution is -2.19. The summed E-state index contributed by atoms with van der Waals surface area (Å²) in [4.78, 5) is 0. The fraction of sp³-hybridized carbons (Fsp3) is 0.714. The minimum atomic E-state index is -0.747. The van der Waals surface area contributed by atoms with Crippen molar-refractivity contribution in [1.29, 1.82) is 0 Å².